The van der Waals surface area contributed by atoms with Gasteiger partial charge >= 0.3 is 0 Å². The van der Waals surface area contributed by atoms with Crippen LogP contribution in [0, 0.1) is 20.8 Å². The molecule has 0 saturated carbocycles. The van der Waals surface area contributed by atoms with Crippen molar-refractivity contribution in [2.24, 2.45) is 0 Å². The van der Waals surface area contributed by atoms with E-state index in [0.29, 0.717) is 12.4 Å². The molecule has 0 saturated heterocycles. The Morgan fingerprint density at radius 1 is 1.31 bits per heavy atom. The number of hydrogen-bond donors (Lipinski definition) is 1. The van der Waals surface area contributed by atoms with Crippen LogP contribution in [0.4, 0.5) is 5.69 Å². The minimum Gasteiger partial charge on any atom is -0.444 e. The van der Waals surface area contributed by atoms with Crippen molar-refractivity contribution in [3.8, 4) is 0 Å². The number of aromatic nitrogens is 2. The van der Waals surface area contributed by atoms with E-state index in [9.17, 15) is 0 Å². The molecule has 2 aromatic heterocycles. The fraction of sp³-hybridized carbons (Fsp3) is 0.333. The monoisotopic (exact) mass is 217 g/mol. The van der Waals surface area contributed by atoms with Crippen molar-refractivity contribution in [2.75, 3.05) is 5.32 Å². The number of nitrogens with zero attached hydrogens (tertiary/aromatic N) is 2. The van der Waals surface area contributed by atoms with Gasteiger partial charge < -0.3 is 9.73 Å². The molecule has 0 atom stereocenters. The maximum absolute atomic E-state index is 5.48. The van der Waals surface area contributed by atoms with E-state index < -0.39 is 0 Å². The lowest BCUT2D eigenvalue weighted by Crippen LogP contribution is -2.00. The van der Waals surface area contributed by atoms with E-state index in [0.717, 1.165) is 22.8 Å². The van der Waals surface area contributed by atoms with Crippen LogP contribution in [0.1, 0.15) is 23.0 Å². The number of anilines is 1. The van der Waals surface area contributed by atoms with Gasteiger partial charge in [-0.3, -0.25) is 4.98 Å². The van der Waals surface area contributed by atoms with E-state index in [1.165, 1.54) is 0 Å². The van der Waals surface area contributed by atoms with E-state index in [2.05, 4.69) is 15.3 Å². The molecule has 1 N–H and O–H groups in total. The molecule has 0 amide bonds. The number of pyridine rings is 1. The quantitative estimate of drug-likeness (QED) is 0.858. The summed E-state index contributed by atoms with van der Waals surface area (Å²) in [6.07, 6.45) is 1.78. The molecular formula is C12H15N3O. The summed E-state index contributed by atoms with van der Waals surface area (Å²) in [6.45, 7) is 6.42. The largest absolute Gasteiger partial charge is 0.444 e. The van der Waals surface area contributed by atoms with E-state index in [1.54, 1.807) is 6.20 Å². The number of nitrogens with one attached hydrogen (secondary N) is 1. The normalized spacial score (nSPS) is 10.4. The number of oxazole rings is 1. The van der Waals surface area contributed by atoms with Gasteiger partial charge in [-0.2, -0.15) is 0 Å². The van der Waals surface area contributed by atoms with Crippen molar-refractivity contribution in [2.45, 2.75) is 27.3 Å². The highest BCUT2D eigenvalue weighted by molar-refractivity contribution is 5.42. The van der Waals surface area contributed by atoms with E-state index in [-0.39, 0.29) is 0 Å². The predicted molar refractivity (Wildman–Crippen MR) is 62.3 cm³/mol. The topological polar surface area (TPSA) is 51.0 Å². The third kappa shape index (κ3) is 2.39. The van der Waals surface area contributed by atoms with Gasteiger partial charge in [-0.15, -0.1) is 0 Å². The van der Waals surface area contributed by atoms with Gasteiger partial charge in [0.05, 0.1) is 12.2 Å². The second-order valence-electron chi connectivity index (χ2n) is 3.79. The lowest BCUT2D eigenvalue weighted by molar-refractivity contribution is 0.478. The Labute approximate surface area is 94.7 Å². The fourth-order valence-electron chi connectivity index (χ4n) is 1.45. The van der Waals surface area contributed by atoms with Gasteiger partial charge in [0.1, 0.15) is 5.76 Å². The molecule has 4 heteroatoms. The van der Waals surface area contributed by atoms with Crippen molar-refractivity contribution >= 4 is 5.69 Å². The van der Waals surface area contributed by atoms with Crippen molar-refractivity contribution in [1.29, 1.82) is 0 Å². The van der Waals surface area contributed by atoms with Crippen molar-refractivity contribution in [3.05, 3.63) is 41.4 Å². The Morgan fingerprint density at radius 2 is 2.12 bits per heavy atom. The number of rotatable bonds is 3. The summed E-state index contributed by atoms with van der Waals surface area (Å²) in [5.74, 6) is 1.59. The molecule has 4 nitrogen and oxygen atoms in total. The van der Waals surface area contributed by atoms with E-state index in [4.69, 9.17) is 4.42 Å². The fourth-order valence-corrected chi connectivity index (χ4v) is 1.45. The third-order valence-corrected chi connectivity index (χ3v) is 2.41. The first-order chi connectivity index (χ1) is 7.65. The van der Waals surface area contributed by atoms with Gasteiger partial charge in [-0.25, -0.2) is 4.98 Å². The van der Waals surface area contributed by atoms with Crippen molar-refractivity contribution in [3.63, 3.8) is 0 Å². The first-order valence-electron chi connectivity index (χ1n) is 5.24. The molecule has 0 aliphatic rings. The molecule has 0 fully saturated rings. The highest BCUT2D eigenvalue weighted by Gasteiger charge is 2.04. The Hall–Kier alpha value is -1.84. The standard InChI is InChI=1S/C12H15N3O/c1-8-6-11(4-5-13-8)14-7-12-15-9(2)10(3)16-12/h4-6H,7H2,1-3H3,(H,13,14). The molecule has 2 heterocycles. The van der Waals surface area contributed by atoms with Crippen LogP contribution in [0.2, 0.25) is 0 Å². The first-order valence-corrected chi connectivity index (χ1v) is 5.24. The van der Waals surface area contributed by atoms with Gasteiger partial charge in [0.25, 0.3) is 0 Å². The molecule has 0 aromatic carbocycles. The highest BCUT2D eigenvalue weighted by atomic mass is 16.4. The zero-order chi connectivity index (χ0) is 11.5. The van der Waals surface area contributed by atoms with Crippen LogP contribution in [0.25, 0.3) is 0 Å². The minimum absolute atomic E-state index is 0.595. The highest BCUT2D eigenvalue weighted by Crippen LogP contribution is 2.12. The van der Waals surface area contributed by atoms with Crippen LogP contribution in [0.5, 0.6) is 0 Å². The van der Waals surface area contributed by atoms with Gasteiger partial charge in [0.15, 0.2) is 0 Å². The average Bonchev–Trinajstić information content (AvgIpc) is 2.56. The van der Waals surface area contributed by atoms with Crippen LogP contribution >= 0.6 is 0 Å². The zero-order valence-corrected chi connectivity index (χ0v) is 9.74. The summed E-state index contributed by atoms with van der Waals surface area (Å²) in [5.41, 5.74) is 2.97. The van der Waals surface area contributed by atoms with Crippen molar-refractivity contribution < 1.29 is 4.42 Å². The van der Waals surface area contributed by atoms with Crippen LogP contribution in [0.3, 0.4) is 0 Å². The van der Waals surface area contributed by atoms with Crippen LogP contribution in [-0.4, -0.2) is 9.97 Å². The maximum atomic E-state index is 5.48. The van der Waals surface area contributed by atoms with Gasteiger partial charge in [-0.05, 0) is 32.9 Å². The summed E-state index contributed by atoms with van der Waals surface area (Å²) >= 11 is 0. The van der Waals surface area contributed by atoms with Gasteiger partial charge in [-0.1, -0.05) is 0 Å². The molecule has 0 aliphatic carbocycles. The Bertz CT molecular complexity index is 471. The molecule has 2 aromatic rings. The zero-order valence-electron chi connectivity index (χ0n) is 9.74. The Kier molecular flexibility index (Phi) is 2.90. The summed E-state index contributed by atoms with van der Waals surface area (Å²) in [4.78, 5) is 8.44. The smallest absolute Gasteiger partial charge is 0.213 e. The van der Waals surface area contributed by atoms with Crippen LogP contribution < -0.4 is 5.32 Å². The van der Waals surface area contributed by atoms with Crippen LogP contribution in [-0.2, 0) is 6.54 Å². The summed E-state index contributed by atoms with van der Waals surface area (Å²) < 4.78 is 5.48. The molecule has 0 bridgehead atoms. The van der Waals surface area contributed by atoms with Gasteiger partial charge in [0, 0.05) is 17.6 Å². The molecule has 0 spiro atoms. The van der Waals surface area contributed by atoms with E-state index >= 15 is 0 Å². The summed E-state index contributed by atoms with van der Waals surface area (Å²) in [7, 11) is 0. The third-order valence-electron chi connectivity index (χ3n) is 2.41. The molecule has 0 unspecified atom stereocenters. The van der Waals surface area contributed by atoms with E-state index in [1.807, 2.05) is 32.9 Å². The predicted octanol–water partition coefficient (Wildman–Crippen LogP) is 2.61. The first kappa shape index (κ1) is 10.7. The molecular weight excluding hydrogens is 202 g/mol. The average molecular weight is 217 g/mol. The second kappa shape index (κ2) is 4.35. The molecule has 0 radical (unpaired) electrons. The molecule has 2 rings (SSSR count). The maximum Gasteiger partial charge on any atom is 0.213 e. The summed E-state index contributed by atoms with van der Waals surface area (Å²) in [6, 6.07) is 3.91. The van der Waals surface area contributed by atoms with Crippen LogP contribution in [0.15, 0.2) is 22.7 Å². The lowest BCUT2D eigenvalue weighted by atomic mass is 10.3. The molecule has 84 valence electrons. The summed E-state index contributed by atoms with van der Waals surface area (Å²) in [5, 5.41) is 3.25. The second-order valence-corrected chi connectivity index (χ2v) is 3.79. The molecule has 16 heavy (non-hydrogen) atoms. The lowest BCUT2D eigenvalue weighted by Gasteiger charge is -2.03. The number of aryl methyl sites for hydroxylation is 3. The Balaban J connectivity index is 2.02. The van der Waals surface area contributed by atoms with Crippen molar-refractivity contribution in [1.82, 2.24) is 9.97 Å². The number of hydrogen-bond acceptors (Lipinski definition) is 4. The SMILES string of the molecule is Cc1cc(NCc2nc(C)c(C)o2)ccn1. The van der Waals surface area contributed by atoms with Gasteiger partial charge in [0.2, 0.25) is 5.89 Å². The minimum atomic E-state index is 0.595. The Morgan fingerprint density at radius 3 is 2.75 bits per heavy atom. The molecule has 0 aliphatic heterocycles.